The Morgan fingerprint density at radius 3 is 2.23 bits per heavy atom. The second-order valence-corrected chi connectivity index (χ2v) is 7.67. The van der Waals surface area contributed by atoms with Crippen molar-refractivity contribution in [3.05, 3.63) is 100 Å². The number of nitrogens with zero attached hydrogens (tertiary/aromatic N) is 1. The van der Waals surface area contributed by atoms with Gasteiger partial charge in [0.1, 0.15) is 11.5 Å². The van der Waals surface area contributed by atoms with Crippen LogP contribution in [0.5, 0.6) is 5.75 Å². The molecule has 1 saturated heterocycles. The number of ether oxygens (including phenoxy) is 1. The number of rotatable bonds is 4. The third-order valence-corrected chi connectivity index (χ3v) is 5.62. The summed E-state index contributed by atoms with van der Waals surface area (Å²) in [5, 5.41) is 11.6. The van der Waals surface area contributed by atoms with Crippen molar-refractivity contribution in [3.8, 4) is 5.75 Å². The molecular formula is C25H20ClNO4. The maximum absolute atomic E-state index is 13.2. The molecule has 156 valence electrons. The third kappa shape index (κ3) is 3.68. The van der Waals surface area contributed by atoms with Crippen molar-refractivity contribution in [2.24, 2.45) is 0 Å². The third-order valence-electron chi connectivity index (χ3n) is 5.37. The molecule has 0 saturated carbocycles. The Hall–Kier alpha value is -3.57. The van der Waals surface area contributed by atoms with Crippen molar-refractivity contribution in [3.63, 3.8) is 0 Å². The second-order valence-electron chi connectivity index (χ2n) is 7.24. The molecule has 3 aromatic carbocycles. The molecule has 0 bridgehead atoms. The standard InChI is InChI=1S/C25H20ClNO4/c1-15-5-3-4-6-20(15)27-22(16-9-13-19(31-2)14-10-16)21(24(29)25(27)30)23(28)17-7-11-18(26)12-8-17/h3-14,22,28H,1-2H3/b23-21+. The molecule has 1 aliphatic heterocycles. The van der Waals surface area contributed by atoms with Gasteiger partial charge in [-0.05, 0) is 60.5 Å². The van der Waals surface area contributed by atoms with Crippen molar-refractivity contribution in [1.29, 1.82) is 0 Å². The van der Waals surface area contributed by atoms with Crippen LogP contribution in [0.2, 0.25) is 5.02 Å². The SMILES string of the molecule is COc1ccc(C2/C(=C(\O)c3ccc(Cl)cc3)C(=O)C(=O)N2c2ccccc2C)cc1. The van der Waals surface area contributed by atoms with E-state index in [1.165, 1.54) is 4.90 Å². The van der Waals surface area contributed by atoms with Gasteiger partial charge >= 0.3 is 0 Å². The van der Waals surface area contributed by atoms with E-state index in [2.05, 4.69) is 0 Å². The second kappa shape index (κ2) is 8.28. The summed E-state index contributed by atoms with van der Waals surface area (Å²) in [4.78, 5) is 27.7. The Balaban J connectivity index is 1.95. The predicted molar refractivity (Wildman–Crippen MR) is 120 cm³/mol. The number of ketones is 1. The highest BCUT2D eigenvalue weighted by molar-refractivity contribution is 6.51. The first-order chi connectivity index (χ1) is 14.9. The minimum atomic E-state index is -0.789. The highest BCUT2D eigenvalue weighted by Crippen LogP contribution is 2.43. The molecule has 0 aliphatic carbocycles. The van der Waals surface area contributed by atoms with Crippen LogP contribution in [-0.4, -0.2) is 23.9 Å². The molecule has 0 aromatic heterocycles. The first-order valence-electron chi connectivity index (χ1n) is 9.69. The number of carbonyl (C=O) groups excluding carboxylic acids is 2. The summed E-state index contributed by atoms with van der Waals surface area (Å²) in [7, 11) is 1.56. The van der Waals surface area contributed by atoms with Crippen LogP contribution < -0.4 is 9.64 Å². The lowest BCUT2D eigenvalue weighted by Crippen LogP contribution is -2.30. The Bertz CT molecular complexity index is 1180. The number of methoxy groups -OCH3 is 1. The van der Waals surface area contributed by atoms with Gasteiger partial charge in [-0.1, -0.05) is 41.9 Å². The van der Waals surface area contributed by atoms with E-state index < -0.39 is 17.7 Å². The van der Waals surface area contributed by atoms with E-state index in [0.717, 1.165) is 5.56 Å². The zero-order chi connectivity index (χ0) is 22.1. The fraction of sp³-hybridized carbons (Fsp3) is 0.120. The lowest BCUT2D eigenvalue weighted by atomic mass is 9.95. The highest BCUT2D eigenvalue weighted by Gasteiger charge is 2.47. The van der Waals surface area contributed by atoms with Gasteiger partial charge in [0, 0.05) is 16.3 Å². The number of benzene rings is 3. The van der Waals surface area contributed by atoms with Crippen molar-refractivity contribution in [2.45, 2.75) is 13.0 Å². The van der Waals surface area contributed by atoms with Crippen LogP contribution in [0.3, 0.4) is 0 Å². The molecule has 1 atom stereocenters. The van der Waals surface area contributed by atoms with Crippen LogP contribution in [0, 0.1) is 6.92 Å². The number of hydrogen-bond acceptors (Lipinski definition) is 4. The number of aryl methyl sites for hydroxylation is 1. The van der Waals surface area contributed by atoms with E-state index in [4.69, 9.17) is 16.3 Å². The summed E-state index contributed by atoms with van der Waals surface area (Å²) >= 11 is 5.96. The predicted octanol–water partition coefficient (Wildman–Crippen LogP) is 5.28. The van der Waals surface area contributed by atoms with Gasteiger partial charge in [-0.2, -0.15) is 0 Å². The van der Waals surface area contributed by atoms with Crippen LogP contribution in [0.25, 0.3) is 5.76 Å². The topological polar surface area (TPSA) is 66.8 Å². The van der Waals surface area contributed by atoms with Gasteiger partial charge in [0.2, 0.25) is 0 Å². The molecule has 3 aromatic rings. The summed E-state index contributed by atoms with van der Waals surface area (Å²) in [6.45, 7) is 1.87. The first-order valence-corrected chi connectivity index (χ1v) is 10.1. The van der Waals surface area contributed by atoms with E-state index in [9.17, 15) is 14.7 Å². The van der Waals surface area contributed by atoms with E-state index in [0.29, 0.717) is 27.6 Å². The highest BCUT2D eigenvalue weighted by atomic mass is 35.5. The molecular weight excluding hydrogens is 414 g/mol. The largest absolute Gasteiger partial charge is 0.507 e. The van der Waals surface area contributed by atoms with Gasteiger partial charge in [0.15, 0.2) is 0 Å². The molecule has 1 unspecified atom stereocenters. The summed E-state index contributed by atoms with van der Waals surface area (Å²) < 4.78 is 5.24. The van der Waals surface area contributed by atoms with Crippen molar-refractivity contribution < 1.29 is 19.4 Å². The van der Waals surface area contributed by atoms with Gasteiger partial charge in [0.25, 0.3) is 11.7 Å². The monoisotopic (exact) mass is 433 g/mol. The maximum Gasteiger partial charge on any atom is 0.300 e. The zero-order valence-corrected chi connectivity index (χ0v) is 17.8. The van der Waals surface area contributed by atoms with E-state index in [1.54, 1.807) is 61.7 Å². The van der Waals surface area contributed by atoms with E-state index in [1.807, 2.05) is 25.1 Å². The number of anilines is 1. The summed E-state index contributed by atoms with van der Waals surface area (Å²) in [5.41, 5.74) is 2.57. The van der Waals surface area contributed by atoms with Crippen LogP contribution in [0.1, 0.15) is 22.7 Å². The Labute approximate surface area is 185 Å². The molecule has 4 rings (SSSR count). The fourth-order valence-corrected chi connectivity index (χ4v) is 3.91. The van der Waals surface area contributed by atoms with Gasteiger partial charge in [-0.15, -0.1) is 0 Å². The molecule has 0 spiro atoms. The zero-order valence-electron chi connectivity index (χ0n) is 17.0. The fourth-order valence-electron chi connectivity index (χ4n) is 3.78. The lowest BCUT2D eigenvalue weighted by molar-refractivity contribution is -0.132. The van der Waals surface area contributed by atoms with Crippen LogP contribution in [-0.2, 0) is 9.59 Å². The van der Waals surface area contributed by atoms with Crippen molar-refractivity contribution in [1.82, 2.24) is 0 Å². The minimum Gasteiger partial charge on any atom is -0.507 e. The van der Waals surface area contributed by atoms with E-state index in [-0.39, 0.29) is 11.3 Å². The Morgan fingerprint density at radius 1 is 0.968 bits per heavy atom. The lowest BCUT2D eigenvalue weighted by Gasteiger charge is -2.27. The average molecular weight is 434 g/mol. The van der Waals surface area contributed by atoms with E-state index >= 15 is 0 Å². The summed E-state index contributed by atoms with van der Waals surface area (Å²) in [6, 6.07) is 20.1. The number of aliphatic hydroxyl groups is 1. The number of hydrogen-bond donors (Lipinski definition) is 1. The molecule has 0 radical (unpaired) electrons. The van der Waals surface area contributed by atoms with Crippen molar-refractivity contribution >= 4 is 34.7 Å². The van der Waals surface area contributed by atoms with Gasteiger partial charge < -0.3 is 9.84 Å². The van der Waals surface area contributed by atoms with Gasteiger partial charge in [0.05, 0.1) is 18.7 Å². The molecule has 1 fully saturated rings. The number of para-hydroxylation sites is 1. The van der Waals surface area contributed by atoms with Crippen molar-refractivity contribution in [2.75, 3.05) is 12.0 Å². The van der Waals surface area contributed by atoms with Gasteiger partial charge in [-0.3, -0.25) is 14.5 Å². The number of carbonyl (C=O) groups is 2. The smallest absolute Gasteiger partial charge is 0.300 e. The number of amides is 1. The number of Topliss-reactive ketones (excluding diaryl/α,β-unsaturated/α-hetero) is 1. The molecule has 1 N–H and O–H groups in total. The Morgan fingerprint density at radius 2 is 1.61 bits per heavy atom. The summed E-state index contributed by atoms with van der Waals surface area (Å²) in [6.07, 6.45) is 0. The maximum atomic E-state index is 13.2. The number of aliphatic hydroxyl groups excluding tert-OH is 1. The molecule has 1 aliphatic rings. The summed E-state index contributed by atoms with van der Waals surface area (Å²) in [5.74, 6) is -1.02. The molecule has 5 nitrogen and oxygen atoms in total. The normalized spacial score (nSPS) is 17.8. The molecule has 31 heavy (non-hydrogen) atoms. The molecule has 1 heterocycles. The Kier molecular flexibility index (Phi) is 5.53. The van der Waals surface area contributed by atoms with Crippen LogP contribution >= 0.6 is 11.6 Å². The van der Waals surface area contributed by atoms with Crippen LogP contribution in [0.15, 0.2) is 78.4 Å². The minimum absolute atomic E-state index is 0.0285. The first kappa shape index (κ1) is 20.7. The van der Waals surface area contributed by atoms with Crippen LogP contribution in [0.4, 0.5) is 5.69 Å². The molecule has 6 heteroatoms. The number of halogens is 1. The van der Waals surface area contributed by atoms with Gasteiger partial charge in [-0.25, -0.2) is 0 Å². The average Bonchev–Trinajstić information content (AvgIpc) is 3.05. The molecule has 1 amide bonds. The quantitative estimate of drug-likeness (QED) is 0.345.